The van der Waals surface area contributed by atoms with Crippen molar-refractivity contribution in [1.82, 2.24) is 5.32 Å². The number of urea groups is 1. The number of imide groups is 1. The molecule has 6 heteroatoms. The maximum absolute atomic E-state index is 13.6. The lowest BCUT2D eigenvalue weighted by Crippen LogP contribution is -2.44. The molecular weight excluding hydrogens is 388 g/mol. The second-order valence-corrected chi connectivity index (χ2v) is 7.79. The van der Waals surface area contributed by atoms with Gasteiger partial charge in [-0.05, 0) is 36.2 Å². The minimum atomic E-state index is -1.11. The predicted octanol–water partition coefficient (Wildman–Crippen LogP) is 5.66. The highest BCUT2D eigenvalue weighted by atomic mass is 35.5. The number of rotatable bonds is 9. The fourth-order valence-electron chi connectivity index (χ4n) is 3.82. The summed E-state index contributed by atoms with van der Waals surface area (Å²) in [6, 6.07) is 13.7. The van der Waals surface area contributed by atoms with Gasteiger partial charge >= 0.3 is 6.03 Å². The number of hydrogen-bond acceptors (Lipinski definition) is 3. The Bertz CT molecular complexity index is 886. The van der Waals surface area contributed by atoms with Crippen molar-refractivity contribution >= 4 is 29.2 Å². The van der Waals surface area contributed by atoms with E-state index in [2.05, 4.69) is 12.2 Å². The molecule has 29 heavy (non-hydrogen) atoms. The molecule has 5 nitrogen and oxygen atoms in total. The molecule has 1 aliphatic rings. The number of anilines is 1. The monoisotopic (exact) mass is 414 g/mol. The molecule has 0 radical (unpaired) electrons. The number of amides is 3. The molecule has 154 valence electrons. The smallest absolute Gasteiger partial charge is 0.329 e. The first-order valence-corrected chi connectivity index (χ1v) is 10.5. The van der Waals surface area contributed by atoms with Crippen LogP contribution < -0.4 is 15.0 Å². The topological polar surface area (TPSA) is 58.6 Å². The molecular formula is C23H27ClN2O3. The molecule has 1 N–H and O–H groups in total. The number of ether oxygens (including phenoxy) is 1. The quantitative estimate of drug-likeness (QED) is 0.425. The minimum Gasteiger partial charge on any atom is -0.497 e. The van der Waals surface area contributed by atoms with Crippen molar-refractivity contribution < 1.29 is 14.3 Å². The number of methoxy groups -OCH3 is 1. The van der Waals surface area contributed by atoms with Crippen LogP contribution in [0.1, 0.15) is 51.0 Å². The summed E-state index contributed by atoms with van der Waals surface area (Å²) < 4.78 is 5.25. The van der Waals surface area contributed by atoms with Gasteiger partial charge < -0.3 is 10.1 Å². The Morgan fingerprint density at radius 1 is 1.03 bits per heavy atom. The highest BCUT2D eigenvalue weighted by Gasteiger charge is 2.52. The van der Waals surface area contributed by atoms with Crippen molar-refractivity contribution in [2.75, 3.05) is 12.0 Å². The molecule has 0 aliphatic carbocycles. The van der Waals surface area contributed by atoms with Crippen LogP contribution in [0.3, 0.4) is 0 Å². The first-order chi connectivity index (χ1) is 14.0. The molecule has 0 bridgehead atoms. The van der Waals surface area contributed by atoms with Crippen molar-refractivity contribution in [2.24, 2.45) is 0 Å². The van der Waals surface area contributed by atoms with Gasteiger partial charge in [0, 0.05) is 11.1 Å². The average molecular weight is 415 g/mol. The summed E-state index contributed by atoms with van der Waals surface area (Å²) >= 11 is 6.21. The summed E-state index contributed by atoms with van der Waals surface area (Å²) in [5, 5.41) is 3.51. The molecule has 2 aromatic carbocycles. The van der Waals surface area contributed by atoms with E-state index in [1.54, 1.807) is 43.5 Å². The number of halogens is 1. The summed E-state index contributed by atoms with van der Waals surface area (Å²) in [7, 11) is 1.55. The Kier molecular flexibility index (Phi) is 6.80. The molecule has 0 spiro atoms. The molecule has 0 saturated carbocycles. The highest BCUT2D eigenvalue weighted by molar-refractivity contribution is 6.30. The van der Waals surface area contributed by atoms with Crippen molar-refractivity contribution in [3.05, 3.63) is 59.1 Å². The van der Waals surface area contributed by atoms with E-state index >= 15 is 0 Å². The van der Waals surface area contributed by atoms with E-state index in [0.29, 0.717) is 28.4 Å². The molecule has 3 amide bonds. The van der Waals surface area contributed by atoms with Crippen molar-refractivity contribution in [3.63, 3.8) is 0 Å². The fraction of sp³-hybridized carbons (Fsp3) is 0.391. The number of carbonyl (C=O) groups is 2. The maximum atomic E-state index is 13.6. The lowest BCUT2D eigenvalue weighted by molar-refractivity contribution is -0.122. The molecule has 1 saturated heterocycles. The van der Waals surface area contributed by atoms with Gasteiger partial charge in [-0.25, -0.2) is 9.69 Å². The molecule has 3 rings (SSSR count). The van der Waals surface area contributed by atoms with Gasteiger partial charge in [0.05, 0.1) is 12.8 Å². The SMILES string of the molecule is CCCCCCCC1(c2cccc(Cl)c2)NC(=O)N(c2cccc(OC)c2)C1=O. The third-order valence-corrected chi connectivity index (χ3v) is 5.61. The zero-order chi connectivity index (χ0) is 20.9. The Balaban J connectivity index is 1.95. The first-order valence-electron chi connectivity index (χ1n) is 10.1. The largest absolute Gasteiger partial charge is 0.497 e. The van der Waals surface area contributed by atoms with E-state index in [1.807, 2.05) is 12.1 Å². The maximum Gasteiger partial charge on any atom is 0.329 e. The fourth-order valence-corrected chi connectivity index (χ4v) is 4.01. The highest BCUT2D eigenvalue weighted by Crippen LogP contribution is 2.38. The Morgan fingerprint density at radius 3 is 2.52 bits per heavy atom. The summed E-state index contributed by atoms with van der Waals surface area (Å²) in [6.07, 6.45) is 5.81. The van der Waals surface area contributed by atoms with Gasteiger partial charge in [-0.15, -0.1) is 0 Å². The summed E-state index contributed by atoms with van der Waals surface area (Å²) in [4.78, 5) is 27.7. The van der Waals surface area contributed by atoms with E-state index in [0.717, 1.165) is 25.7 Å². The van der Waals surface area contributed by atoms with Crippen molar-refractivity contribution in [3.8, 4) is 5.75 Å². The molecule has 2 aromatic rings. The number of nitrogens with one attached hydrogen (secondary N) is 1. The number of nitrogens with zero attached hydrogens (tertiary/aromatic N) is 1. The lowest BCUT2D eigenvalue weighted by Gasteiger charge is -2.27. The van der Waals surface area contributed by atoms with Gasteiger partial charge in [-0.1, -0.05) is 68.8 Å². The summed E-state index contributed by atoms with van der Waals surface area (Å²) in [6.45, 7) is 2.17. The third kappa shape index (κ3) is 4.40. The van der Waals surface area contributed by atoms with Gasteiger partial charge in [0.15, 0.2) is 0 Å². The van der Waals surface area contributed by atoms with Crippen molar-refractivity contribution in [2.45, 2.75) is 51.0 Å². The van der Waals surface area contributed by atoms with Gasteiger partial charge in [-0.3, -0.25) is 4.79 Å². The Morgan fingerprint density at radius 2 is 1.79 bits per heavy atom. The van der Waals surface area contributed by atoms with E-state index in [9.17, 15) is 9.59 Å². The third-order valence-electron chi connectivity index (χ3n) is 5.38. The second kappa shape index (κ2) is 9.31. The average Bonchev–Trinajstić information content (AvgIpc) is 2.98. The minimum absolute atomic E-state index is 0.284. The van der Waals surface area contributed by atoms with Crippen LogP contribution in [0.2, 0.25) is 5.02 Å². The van der Waals surface area contributed by atoms with Gasteiger partial charge in [0.25, 0.3) is 5.91 Å². The van der Waals surface area contributed by atoms with E-state index < -0.39 is 11.6 Å². The molecule has 1 aliphatic heterocycles. The summed E-state index contributed by atoms with van der Waals surface area (Å²) in [5.41, 5.74) is 0.0862. The standard InChI is InChI=1S/C23H27ClN2O3/c1-3-4-5-6-7-14-23(17-10-8-11-18(24)15-17)21(27)26(22(28)25-23)19-12-9-13-20(16-19)29-2/h8-13,15-16H,3-7,14H2,1-2H3,(H,25,28). The van der Waals surface area contributed by atoms with Crippen LogP contribution in [0.4, 0.5) is 10.5 Å². The van der Waals surface area contributed by atoms with Crippen LogP contribution in [-0.2, 0) is 10.3 Å². The van der Waals surface area contributed by atoms with Crippen LogP contribution in [0.5, 0.6) is 5.75 Å². The van der Waals surface area contributed by atoms with Crippen LogP contribution in [0, 0.1) is 0 Å². The van der Waals surface area contributed by atoms with Gasteiger partial charge in [0.1, 0.15) is 11.3 Å². The Labute approximate surface area is 177 Å². The molecule has 0 aromatic heterocycles. The second-order valence-electron chi connectivity index (χ2n) is 7.35. The molecule has 1 atom stereocenters. The van der Waals surface area contributed by atoms with Crippen LogP contribution >= 0.6 is 11.6 Å². The number of hydrogen-bond donors (Lipinski definition) is 1. The van der Waals surface area contributed by atoms with Gasteiger partial charge in [0.2, 0.25) is 0 Å². The Hall–Kier alpha value is -2.53. The van der Waals surface area contributed by atoms with Crippen LogP contribution in [0.25, 0.3) is 0 Å². The predicted molar refractivity (Wildman–Crippen MR) is 116 cm³/mol. The number of benzene rings is 2. The molecule has 1 fully saturated rings. The van der Waals surface area contributed by atoms with E-state index in [1.165, 1.54) is 11.3 Å². The normalized spacial score (nSPS) is 18.8. The van der Waals surface area contributed by atoms with Crippen LogP contribution in [0.15, 0.2) is 48.5 Å². The zero-order valence-corrected chi connectivity index (χ0v) is 17.7. The van der Waals surface area contributed by atoms with Crippen molar-refractivity contribution in [1.29, 1.82) is 0 Å². The lowest BCUT2D eigenvalue weighted by atomic mass is 9.84. The van der Waals surface area contributed by atoms with E-state index in [4.69, 9.17) is 16.3 Å². The zero-order valence-electron chi connectivity index (χ0n) is 16.9. The molecule has 1 unspecified atom stereocenters. The summed E-state index contributed by atoms with van der Waals surface area (Å²) in [5.74, 6) is 0.302. The first kappa shape index (κ1) is 21.2. The van der Waals surface area contributed by atoms with Crippen LogP contribution in [-0.4, -0.2) is 19.0 Å². The van der Waals surface area contributed by atoms with Gasteiger partial charge in [-0.2, -0.15) is 0 Å². The number of unbranched alkanes of at least 4 members (excludes halogenated alkanes) is 4. The van der Waals surface area contributed by atoms with E-state index in [-0.39, 0.29) is 5.91 Å². The number of carbonyl (C=O) groups excluding carboxylic acids is 2. The molecule has 1 heterocycles.